The first-order valence-electron chi connectivity index (χ1n) is 8.67. The molecule has 3 N–H and O–H groups in total. The molecule has 0 aliphatic heterocycles. The zero-order chi connectivity index (χ0) is 20.3. The number of nitrogens with zero attached hydrogens (tertiary/aromatic N) is 2. The molecule has 2 aromatic carbocycles. The standard InChI is InChI=1S/C20H20N4O3S/c1-12-9-13(2)11-14(10-12)24-18(26)15-5-3-4-6-16(15)22-20(24)28-8-7-17(25)23-19(21)27/h3-6,9-11H,7-8H2,1-2H3,(H3,21,23,25,27). The van der Waals surface area contributed by atoms with Crippen molar-refractivity contribution in [1.29, 1.82) is 0 Å². The molecule has 0 radical (unpaired) electrons. The number of hydrogen-bond acceptors (Lipinski definition) is 5. The summed E-state index contributed by atoms with van der Waals surface area (Å²) >= 11 is 1.28. The zero-order valence-electron chi connectivity index (χ0n) is 15.6. The van der Waals surface area contributed by atoms with Gasteiger partial charge in [-0.3, -0.25) is 19.5 Å². The van der Waals surface area contributed by atoms with Gasteiger partial charge in [0.15, 0.2) is 5.16 Å². The summed E-state index contributed by atoms with van der Waals surface area (Å²) in [6.45, 7) is 3.94. The van der Waals surface area contributed by atoms with Crippen molar-refractivity contribution >= 4 is 34.6 Å². The van der Waals surface area contributed by atoms with Crippen molar-refractivity contribution in [3.05, 3.63) is 63.9 Å². The van der Waals surface area contributed by atoms with Crippen LogP contribution in [0.1, 0.15) is 17.5 Å². The molecule has 144 valence electrons. The Morgan fingerprint density at radius 2 is 1.82 bits per heavy atom. The van der Waals surface area contributed by atoms with Gasteiger partial charge in [0.05, 0.1) is 16.6 Å². The van der Waals surface area contributed by atoms with Gasteiger partial charge in [-0.05, 0) is 49.2 Å². The van der Waals surface area contributed by atoms with Gasteiger partial charge < -0.3 is 5.73 Å². The maximum absolute atomic E-state index is 13.2. The lowest BCUT2D eigenvalue weighted by atomic mass is 10.1. The van der Waals surface area contributed by atoms with Gasteiger partial charge in [0.25, 0.3) is 5.56 Å². The molecule has 0 aliphatic carbocycles. The number of aryl methyl sites for hydroxylation is 2. The SMILES string of the molecule is Cc1cc(C)cc(-n2c(SCCC(=O)NC(N)=O)nc3ccccc3c2=O)c1. The van der Waals surface area contributed by atoms with Gasteiger partial charge in [-0.1, -0.05) is 30.0 Å². The summed E-state index contributed by atoms with van der Waals surface area (Å²) in [5, 5.41) is 3.04. The number of nitrogens with two attached hydrogens (primary N) is 1. The molecule has 0 spiro atoms. The second-order valence-electron chi connectivity index (χ2n) is 6.41. The van der Waals surface area contributed by atoms with Crippen molar-refractivity contribution in [3.8, 4) is 5.69 Å². The molecular weight excluding hydrogens is 376 g/mol. The van der Waals surface area contributed by atoms with E-state index in [-0.39, 0.29) is 12.0 Å². The molecule has 0 unspecified atom stereocenters. The molecule has 3 aromatic rings. The number of rotatable bonds is 5. The summed E-state index contributed by atoms with van der Waals surface area (Å²) < 4.78 is 1.57. The molecule has 7 nitrogen and oxygen atoms in total. The van der Waals surface area contributed by atoms with Crippen molar-refractivity contribution in [1.82, 2.24) is 14.9 Å². The van der Waals surface area contributed by atoms with E-state index in [9.17, 15) is 14.4 Å². The third-order valence-electron chi connectivity index (χ3n) is 4.03. The summed E-state index contributed by atoms with van der Waals surface area (Å²) in [4.78, 5) is 40.2. The molecule has 1 aromatic heterocycles. The van der Waals surface area contributed by atoms with E-state index in [1.807, 2.05) is 43.4 Å². The summed E-state index contributed by atoms with van der Waals surface area (Å²) in [5.41, 5.74) is 8.17. The molecular formula is C20H20N4O3S. The van der Waals surface area contributed by atoms with E-state index < -0.39 is 11.9 Å². The number of carbonyl (C=O) groups is 2. The number of aromatic nitrogens is 2. The molecule has 0 bridgehead atoms. The van der Waals surface area contributed by atoms with Crippen molar-refractivity contribution in [2.24, 2.45) is 5.73 Å². The van der Waals surface area contributed by atoms with Crippen molar-refractivity contribution < 1.29 is 9.59 Å². The van der Waals surface area contributed by atoms with Crippen LogP contribution in [0.5, 0.6) is 0 Å². The topological polar surface area (TPSA) is 107 Å². The van der Waals surface area contributed by atoms with E-state index in [1.54, 1.807) is 22.8 Å². The Balaban J connectivity index is 2.03. The van der Waals surface area contributed by atoms with Crippen LogP contribution in [-0.2, 0) is 4.79 Å². The smallest absolute Gasteiger partial charge is 0.318 e. The van der Waals surface area contributed by atoms with Crippen LogP contribution < -0.4 is 16.6 Å². The number of thioether (sulfide) groups is 1. The predicted octanol–water partition coefficient (Wildman–Crippen LogP) is 2.68. The van der Waals surface area contributed by atoms with Crippen molar-refractivity contribution in [2.75, 3.05) is 5.75 Å². The van der Waals surface area contributed by atoms with Crippen molar-refractivity contribution in [3.63, 3.8) is 0 Å². The average molecular weight is 396 g/mol. The highest BCUT2D eigenvalue weighted by atomic mass is 32.2. The fourth-order valence-corrected chi connectivity index (χ4v) is 3.90. The Kier molecular flexibility index (Phi) is 5.79. The second kappa shape index (κ2) is 8.26. The van der Waals surface area contributed by atoms with Gasteiger partial charge in [0.2, 0.25) is 5.91 Å². The van der Waals surface area contributed by atoms with Crippen LogP contribution in [0, 0.1) is 13.8 Å². The van der Waals surface area contributed by atoms with Crippen LogP contribution in [-0.4, -0.2) is 27.2 Å². The number of primary amides is 1. The maximum atomic E-state index is 13.2. The van der Waals surface area contributed by atoms with Crippen LogP contribution in [0.2, 0.25) is 0 Å². The minimum Gasteiger partial charge on any atom is -0.351 e. The molecule has 0 aliphatic rings. The Labute approximate surface area is 166 Å². The Bertz CT molecular complexity index is 1100. The highest BCUT2D eigenvalue weighted by Crippen LogP contribution is 2.23. The van der Waals surface area contributed by atoms with E-state index in [1.165, 1.54) is 11.8 Å². The number of urea groups is 1. The number of nitrogens with one attached hydrogen (secondary N) is 1. The van der Waals surface area contributed by atoms with E-state index in [2.05, 4.69) is 4.98 Å². The van der Waals surface area contributed by atoms with E-state index in [0.29, 0.717) is 21.8 Å². The number of para-hydroxylation sites is 1. The first kappa shape index (κ1) is 19.6. The summed E-state index contributed by atoms with van der Waals surface area (Å²) in [6, 6.07) is 12.2. The lowest BCUT2D eigenvalue weighted by Gasteiger charge is -2.14. The number of fused-ring (bicyclic) bond motifs is 1. The number of benzene rings is 2. The van der Waals surface area contributed by atoms with E-state index in [0.717, 1.165) is 16.8 Å². The monoisotopic (exact) mass is 396 g/mol. The Hall–Kier alpha value is -3.13. The lowest BCUT2D eigenvalue weighted by molar-refractivity contribution is -0.119. The largest absolute Gasteiger partial charge is 0.351 e. The van der Waals surface area contributed by atoms with Gasteiger partial charge in [0.1, 0.15) is 0 Å². The van der Waals surface area contributed by atoms with Gasteiger partial charge in [-0.15, -0.1) is 0 Å². The zero-order valence-corrected chi connectivity index (χ0v) is 16.4. The average Bonchev–Trinajstić information content (AvgIpc) is 2.60. The minimum atomic E-state index is -0.883. The molecule has 0 fully saturated rings. The summed E-state index contributed by atoms with van der Waals surface area (Å²) in [6.07, 6.45) is 0.0726. The normalized spacial score (nSPS) is 10.8. The lowest BCUT2D eigenvalue weighted by Crippen LogP contribution is -2.35. The fourth-order valence-electron chi connectivity index (χ4n) is 2.95. The van der Waals surface area contributed by atoms with E-state index in [4.69, 9.17) is 5.73 Å². The van der Waals surface area contributed by atoms with Crippen LogP contribution in [0.15, 0.2) is 52.4 Å². The van der Waals surface area contributed by atoms with Gasteiger partial charge in [-0.25, -0.2) is 9.78 Å². The van der Waals surface area contributed by atoms with Crippen LogP contribution in [0.4, 0.5) is 4.79 Å². The maximum Gasteiger partial charge on any atom is 0.318 e. The molecule has 8 heteroatoms. The summed E-state index contributed by atoms with van der Waals surface area (Å²) in [7, 11) is 0. The fraction of sp³-hybridized carbons (Fsp3) is 0.200. The number of carbonyl (C=O) groups excluding carboxylic acids is 2. The van der Waals surface area contributed by atoms with E-state index >= 15 is 0 Å². The third kappa shape index (κ3) is 4.40. The number of hydrogen-bond donors (Lipinski definition) is 2. The Morgan fingerprint density at radius 1 is 1.14 bits per heavy atom. The first-order chi connectivity index (χ1) is 13.3. The molecule has 0 saturated heterocycles. The summed E-state index contributed by atoms with van der Waals surface area (Å²) in [5.74, 6) is -0.129. The molecule has 28 heavy (non-hydrogen) atoms. The molecule has 0 atom stereocenters. The third-order valence-corrected chi connectivity index (χ3v) is 4.97. The van der Waals surface area contributed by atoms with Gasteiger partial charge in [-0.2, -0.15) is 0 Å². The van der Waals surface area contributed by atoms with Gasteiger partial charge >= 0.3 is 6.03 Å². The van der Waals surface area contributed by atoms with Crippen molar-refractivity contribution in [2.45, 2.75) is 25.4 Å². The Morgan fingerprint density at radius 3 is 2.50 bits per heavy atom. The molecule has 3 amide bonds. The number of amides is 3. The van der Waals surface area contributed by atoms with Crippen LogP contribution in [0.25, 0.3) is 16.6 Å². The molecule has 1 heterocycles. The molecule has 3 rings (SSSR count). The first-order valence-corrected chi connectivity index (χ1v) is 9.66. The predicted molar refractivity (Wildman–Crippen MR) is 110 cm³/mol. The van der Waals surface area contributed by atoms with Crippen LogP contribution in [0.3, 0.4) is 0 Å². The highest BCUT2D eigenvalue weighted by molar-refractivity contribution is 7.99. The highest BCUT2D eigenvalue weighted by Gasteiger charge is 2.14. The number of imide groups is 1. The van der Waals surface area contributed by atoms with Crippen LogP contribution >= 0.6 is 11.8 Å². The second-order valence-corrected chi connectivity index (χ2v) is 7.47. The minimum absolute atomic E-state index is 0.0726. The molecule has 0 saturated carbocycles. The quantitative estimate of drug-likeness (QED) is 0.509. The van der Waals surface area contributed by atoms with Gasteiger partial charge in [0, 0.05) is 12.2 Å².